The highest BCUT2D eigenvalue weighted by atomic mass is 35.5. The Morgan fingerprint density at radius 3 is 3.04 bits per heavy atom. The predicted octanol–water partition coefficient (Wildman–Crippen LogP) is 3.42. The van der Waals surface area contributed by atoms with E-state index in [0.717, 1.165) is 37.6 Å². The van der Waals surface area contributed by atoms with Gasteiger partial charge in [-0.25, -0.2) is 4.98 Å². The molecule has 1 aliphatic heterocycles. The number of benzene rings is 1. The summed E-state index contributed by atoms with van der Waals surface area (Å²) in [4.78, 5) is 16.9. The summed E-state index contributed by atoms with van der Waals surface area (Å²) in [6.45, 7) is 5.20. The van der Waals surface area contributed by atoms with Crippen molar-refractivity contribution in [3.05, 3.63) is 62.3 Å². The number of rotatable bonds is 5. The summed E-state index contributed by atoms with van der Waals surface area (Å²) in [7, 11) is 0. The van der Waals surface area contributed by atoms with Crippen molar-refractivity contribution in [3.63, 3.8) is 0 Å². The van der Waals surface area contributed by atoms with Crippen molar-refractivity contribution >= 4 is 23.1 Å². The second kappa shape index (κ2) is 7.15. The van der Waals surface area contributed by atoms with E-state index in [1.807, 2.05) is 12.1 Å². The van der Waals surface area contributed by atoms with E-state index in [9.17, 15) is 10.1 Å². The lowest BCUT2D eigenvalue weighted by molar-refractivity contribution is -0.385. The van der Waals surface area contributed by atoms with Crippen LogP contribution in [-0.2, 0) is 13.0 Å². The lowest BCUT2D eigenvalue weighted by Gasteiger charge is -2.29. The Morgan fingerprint density at radius 1 is 1.46 bits per heavy atom. The van der Waals surface area contributed by atoms with Crippen LogP contribution in [0.5, 0.6) is 0 Å². The van der Waals surface area contributed by atoms with Crippen LogP contribution in [-0.4, -0.2) is 34.4 Å². The maximum atomic E-state index is 10.8. The quantitative estimate of drug-likeness (QED) is 0.663. The number of nitro groups is 1. The summed E-state index contributed by atoms with van der Waals surface area (Å²) < 4.78 is 0. The lowest BCUT2D eigenvalue weighted by Crippen LogP contribution is -2.34. The molecule has 0 bridgehead atoms. The van der Waals surface area contributed by atoms with Crippen molar-refractivity contribution in [3.8, 4) is 0 Å². The summed E-state index contributed by atoms with van der Waals surface area (Å²) in [5.74, 6) is 0.665. The third-order valence-corrected chi connectivity index (χ3v) is 4.66. The first-order chi connectivity index (χ1) is 11.5. The summed E-state index contributed by atoms with van der Waals surface area (Å²) in [6, 6.07) is 7.78. The fourth-order valence-electron chi connectivity index (χ4n) is 2.99. The number of nitrogens with zero attached hydrogens (tertiary/aromatic N) is 3. The Balaban J connectivity index is 1.54. The Labute approximate surface area is 145 Å². The molecule has 1 N–H and O–H groups in total. The summed E-state index contributed by atoms with van der Waals surface area (Å²) in [6.07, 6.45) is 2.26. The van der Waals surface area contributed by atoms with E-state index >= 15 is 0 Å². The maximum Gasteiger partial charge on any atom is 0.290 e. The van der Waals surface area contributed by atoms with Gasteiger partial charge >= 0.3 is 0 Å². The molecule has 3 rings (SSSR count). The van der Waals surface area contributed by atoms with Gasteiger partial charge in [0.2, 0.25) is 0 Å². The van der Waals surface area contributed by atoms with Gasteiger partial charge in [-0.05, 0) is 36.6 Å². The van der Waals surface area contributed by atoms with Gasteiger partial charge in [0, 0.05) is 36.8 Å². The van der Waals surface area contributed by atoms with E-state index in [1.165, 1.54) is 17.3 Å². The van der Waals surface area contributed by atoms with E-state index in [1.54, 1.807) is 13.0 Å². The van der Waals surface area contributed by atoms with Crippen molar-refractivity contribution in [1.29, 1.82) is 0 Å². The fraction of sp³-hybridized carbons (Fsp3) is 0.353. The predicted molar refractivity (Wildman–Crippen MR) is 94.6 cm³/mol. The van der Waals surface area contributed by atoms with Gasteiger partial charge in [0.25, 0.3) is 5.69 Å². The van der Waals surface area contributed by atoms with Gasteiger partial charge in [-0.3, -0.25) is 15.0 Å². The number of aromatic nitrogens is 1. The average molecular weight is 347 g/mol. The average Bonchev–Trinajstić information content (AvgIpc) is 2.55. The molecule has 0 saturated heterocycles. The highest BCUT2D eigenvalue weighted by Crippen LogP contribution is 2.25. The highest BCUT2D eigenvalue weighted by molar-refractivity contribution is 6.31. The van der Waals surface area contributed by atoms with Crippen LogP contribution >= 0.6 is 11.6 Å². The largest absolute Gasteiger partial charge is 0.369 e. The second-order valence-corrected chi connectivity index (χ2v) is 6.35. The van der Waals surface area contributed by atoms with Gasteiger partial charge in [-0.15, -0.1) is 0 Å². The molecule has 0 unspecified atom stereocenters. The molecule has 2 aromatic rings. The molecular formula is C17H19ClN4O2. The first kappa shape index (κ1) is 16.7. The topological polar surface area (TPSA) is 71.3 Å². The highest BCUT2D eigenvalue weighted by Gasteiger charge is 2.17. The summed E-state index contributed by atoms with van der Waals surface area (Å²) in [5.41, 5.74) is 3.21. The van der Waals surface area contributed by atoms with Gasteiger partial charge < -0.3 is 5.32 Å². The van der Waals surface area contributed by atoms with Crippen molar-refractivity contribution < 1.29 is 4.92 Å². The standard InChI is InChI=1S/C17H19ClN4O2/c1-12-9-17(20-10-16(12)22(23)24)19-6-8-21-7-5-14-13(11-21)3-2-4-15(14)18/h2-4,9-10H,5-8,11H2,1H3,(H,19,20). The fourth-order valence-corrected chi connectivity index (χ4v) is 3.28. The molecule has 1 aliphatic rings. The molecule has 1 aromatic heterocycles. The molecular weight excluding hydrogens is 328 g/mol. The van der Waals surface area contributed by atoms with Crippen LogP contribution in [0.15, 0.2) is 30.5 Å². The number of halogens is 1. The summed E-state index contributed by atoms with van der Waals surface area (Å²) in [5, 5.41) is 14.9. The van der Waals surface area contributed by atoms with Crippen LogP contribution in [0.4, 0.5) is 11.5 Å². The molecule has 24 heavy (non-hydrogen) atoms. The Morgan fingerprint density at radius 2 is 2.29 bits per heavy atom. The Bertz CT molecular complexity index is 766. The third-order valence-electron chi connectivity index (χ3n) is 4.30. The van der Waals surface area contributed by atoms with E-state index in [0.29, 0.717) is 11.4 Å². The zero-order valence-corrected chi connectivity index (χ0v) is 14.2. The lowest BCUT2D eigenvalue weighted by atomic mass is 10.00. The Kier molecular flexibility index (Phi) is 4.97. The first-order valence-electron chi connectivity index (χ1n) is 7.88. The number of anilines is 1. The summed E-state index contributed by atoms with van der Waals surface area (Å²) >= 11 is 6.24. The molecule has 0 atom stereocenters. The van der Waals surface area contributed by atoms with Crippen LogP contribution < -0.4 is 5.32 Å². The van der Waals surface area contributed by atoms with E-state index in [4.69, 9.17) is 11.6 Å². The van der Waals surface area contributed by atoms with Crippen LogP contribution in [0.2, 0.25) is 5.02 Å². The molecule has 1 aromatic carbocycles. The van der Waals surface area contributed by atoms with E-state index in [2.05, 4.69) is 21.3 Å². The molecule has 2 heterocycles. The zero-order valence-electron chi connectivity index (χ0n) is 13.5. The van der Waals surface area contributed by atoms with E-state index in [-0.39, 0.29) is 5.69 Å². The minimum absolute atomic E-state index is 0.0464. The van der Waals surface area contributed by atoms with Gasteiger partial charge in [-0.2, -0.15) is 0 Å². The molecule has 126 valence electrons. The molecule has 0 radical (unpaired) electrons. The molecule has 6 nitrogen and oxygen atoms in total. The molecule has 0 fully saturated rings. The van der Waals surface area contributed by atoms with Crippen molar-refractivity contribution in [2.45, 2.75) is 19.9 Å². The van der Waals surface area contributed by atoms with Crippen LogP contribution in [0, 0.1) is 17.0 Å². The Hall–Kier alpha value is -2.18. The minimum Gasteiger partial charge on any atom is -0.369 e. The van der Waals surface area contributed by atoms with Crippen LogP contribution in [0.1, 0.15) is 16.7 Å². The molecule has 7 heteroatoms. The van der Waals surface area contributed by atoms with Gasteiger partial charge in [0.05, 0.1) is 4.92 Å². The molecule has 0 aliphatic carbocycles. The zero-order chi connectivity index (χ0) is 17.1. The molecule has 0 amide bonds. The number of aryl methyl sites for hydroxylation is 1. The van der Waals surface area contributed by atoms with Crippen molar-refractivity contribution in [1.82, 2.24) is 9.88 Å². The van der Waals surface area contributed by atoms with Crippen LogP contribution in [0.3, 0.4) is 0 Å². The SMILES string of the molecule is Cc1cc(NCCN2CCc3c(Cl)cccc3C2)ncc1[N+](=O)[O-]. The second-order valence-electron chi connectivity index (χ2n) is 5.94. The van der Waals surface area contributed by atoms with Gasteiger partial charge in [0.1, 0.15) is 12.0 Å². The number of fused-ring (bicyclic) bond motifs is 1. The number of pyridine rings is 1. The smallest absolute Gasteiger partial charge is 0.290 e. The molecule has 0 saturated carbocycles. The number of hydrogen-bond donors (Lipinski definition) is 1. The van der Waals surface area contributed by atoms with E-state index < -0.39 is 4.92 Å². The van der Waals surface area contributed by atoms with Gasteiger partial charge in [0.15, 0.2) is 0 Å². The monoisotopic (exact) mass is 346 g/mol. The maximum absolute atomic E-state index is 10.8. The van der Waals surface area contributed by atoms with Crippen LogP contribution in [0.25, 0.3) is 0 Å². The number of hydrogen-bond acceptors (Lipinski definition) is 5. The molecule has 0 spiro atoms. The van der Waals surface area contributed by atoms with Crippen molar-refractivity contribution in [2.75, 3.05) is 25.0 Å². The normalized spacial score (nSPS) is 14.2. The number of nitrogens with one attached hydrogen (secondary N) is 1. The third kappa shape index (κ3) is 3.66. The van der Waals surface area contributed by atoms with Crippen molar-refractivity contribution in [2.24, 2.45) is 0 Å². The minimum atomic E-state index is -0.414. The van der Waals surface area contributed by atoms with Gasteiger partial charge in [-0.1, -0.05) is 23.7 Å². The first-order valence-corrected chi connectivity index (χ1v) is 8.26.